The minimum absolute atomic E-state index is 0.108. The quantitative estimate of drug-likeness (QED) is 0.775. The second kappa shape index (κ2) is 6.15. The van der Waals surface area contributed by atoms with Gasteiger partial charge in [-0.15, -0.1) is 0 Å². The number of fused-ring (bicyclic) bond motifs is 1. The maximum absolute atomic E-state index is 13.6. The largest absolute Gasteiger partial charge is 0.352 e. The third kappa shape index (κ3) is 2.94. The number of hydrogen-bond donors (Lipinski definition) is 2. The fraction of sp³-hybridized carbons (Fsp3) is 0.125. The molecule has 3 rings (SSSR count). The molecule has 0 unspecified atom stereocenters. The summed E-state index contributed by atoms with van der Waals surface area (Å²) in [5.74, 6) is -1.13. The topological polar surface area (TPSA) is 57.8 Å². The van der Waals surface area contributed by atoms with Crippen molar-refractivity contribution in [3.05, 3.63) is 64.7 Å². The van der Waals surface area contributed by atoms with Crippen molar-refractivity contribution in [2.75, 3.05) is 6.54 Å². The number of halogens is 2. The highest BCUT2D eigenvalue weighted by Gasteiger charge is 2.14. The van der Waals surface area contributed by atoms with E-state index in [0.29, 0.717) is 13.0 Å². The smallest absolute Gasteiger partial charge is 0.255 e. The molecule has 1 aromatic heterocycles. The SMILES string of the molecule is O=C(NCCc1ccc2nc[nH]c2c1)c1c(F)cccc1Cl. The number of aromatic nitrogens is 2. The van der Waals surface area contributed by atoms with E-state index in [1.165, 1.54) is 18.2 Å². The zero-order valence-electron chi connectivity index (χ0n) is 11.6. The highest BCUT2D eigenvalue weighted by molar-refractivity contribution is 6.33. The first-order valence-corrected chi connectivity index (χ1v) is 7.17. The number of H-pyrrole nitrogens is 1. The molecule has 1 amide bonds. The molecule has 112 valence electrons. The van der Waals surface area contributed by atoms with Crippen LogP contribution in [0.1, 0.15) is 15.9 Å². The van der Waals surface area contributed by atoms with Gasteiger partial charge in [0.25, 0.3) is 5.91 Å². The van der Waals surface area contributed by atoms with Crippen LogP contribution in [0.15, 0.2) is 42.7 Å². The predicted molar refractivity (Wildman–Crippen MR) is 83.5 cm³/mol. The number of carbonyl (C=O) groups is 1. The molecule has 6 heteroatoms. The first kappa shape index (κ1) is 14.5. The lowest BCUT2D eigenvalue weighted by Crippen LogP contribution is -2.26. The van der Waals surface area contributed by atoms with Gasteiger partial charge in [-0.3, -0.25) is 4.79 Å². The third-order valence-electron chi connectivity index (χ3n) is 3.37. The van der Waals surface area contributed by atoms with Crippen molar-refractivity contribution in [2.45, 2.75) is 6.42 Å². The summed E-state index contributed by atoms with van der Waals surface area (Å²) >= 11 is 5.86. The van der Waals surface area contributed by atoms with Crippen molar-refractivity contribution in [2.24, 2.45) is 0 Å². The number of nitrogens with zero attached hydrogens (tertiary/aromatic N) is 1. The minimum atomic E-state index is -0.621. The van der Waals surface area contributed by atoms with E-state index in [4.69, 9.17) is 11.6 Å². The Morgan fingerprint density at radius 2 is 2.18 bits per heavy atom. The Bertz CT molecular complexity index is 811. The van der Waals surface area contributed by atoms with Crippen molar-refractivity contribution >= 4 is 28.5 Å². The van der Waals surface area contributed by atoms with E-state index < -0.39 is 11.7 Å². The van der Waals surface area contributed by atoms with Crippen LogP contribution in [0.5, 0.6) is 0 Å². The summed E-state index contributed by atoms with van der Waals surface area (Å²) in [6.07, 6.45) is 2.27. The van der Waals surface area contributed by atoms with Gasteiger partial charge in [0, 0.05) is 6.54 Å². The maximum atomic E-state index is 13.6. The molecule has 0 saturated carbocycles. The zero-order valence-corrected chi connectivity index (χ0v) is 12.3. The van der Waals surface area contributed by atoms with E-state index in [1.807, 2.05) is 18.2 Å². The first-order valence-electron chi connectivity index (χ1n) is 6.79. The van der Waals surface area contributed by atoms with Crippen LogP contribution in [0.2, 0.25) is 5.02 Å². The number of rotatable bonds is 4. The highest BCUT2D eigenvalue weighted by Crippen LogP contribution is 2.18. The van der Waals surface area contributed by atoms with Crippen LogP contribution in [0.4, 0.5) is 4.39 Å². The van der Waals surface area contributed by atoms with E-state index in [9.17, 15) is 9.18 Å². The molecule has 22 heavy (non-hydrogen) atoms. The molecule has 3 aromatic rings. The summed E-state index contributed by atoms with van der Waals surface area (Å²) in [5.41, 5.74) is 2.77. The van der Waals surface area contributed by atoms with Gasteiger partial charge in [-0.05, 0) is 36.2 Å². The molecule has 0 bridgehead atoms. The molecule has 1 heterocycles. The number of benzene rings is 2. The lowest BCUT2D eigenvalue weighted by molar-refractivity contribution is 0.0950. The fourth-order valence-corrected chi connectivity index (χ4v) is 2.51. The van der Waals surface area contributed by atoms with E-state index in [2.05, 4.69) is 15.3 Å². The van der Waals surface area contributed by atoms with Crippen LogP contribution in [0.25, 0.3) is 11.0 Å². The number of aromatic amines is 1. The number of carbonyl (C=O) groups excluding carboxylic acids is 1. The Kier molecular flexibility index (Phi) is 4.06. The van der Waals surface area contributed by atoms with Crippen LogP contribution < -0.4 is 5.32 Å². The van der Waals surface area contributed by atoms with Crippen molar-refractivity contribution in [3.63, 3.8) is 0 Å². The van der Waals surface area contributed by atoms with Crippen LogP contribution in [0.3, 0.4) is 0 Å². The Morgan fingerprint density at radius 1 is 1.32 bits per heavy atom. The van der Waals surface area contributed by atoms with Gasteiger partial charge in [0.15, 0.2) is 0 Å². The number of imidazole rings is 1. The molecule has 4 nitrogen and oxygen atoms in total. The molecule has 2 aromatic carbocycles. The van der Waals surface area contributed by atoms with Gasteiger partial charge in [0.2, 0.25) is 0 Å². The highest BCUT2D eigenvalue weighted by atomic mass is 35.5. The lowest BCUT2D eigenvalue weighted by Gasteiger charge is -2.08. The standard InChI is InChI=1S/C16H13ClFN3O/c17-11-2-1-3-12(18)15(11)16(22)19-7-6-10-4-5-13-14(8-10)21-9-20-13/h1-5,8-9H,6-7H2,(H,19,22)(H,20,21). The minimum Gasteiger partial charge on any atom is -0.352 e. The average molecular weight is 318 g/mol. The maximum Gasteiger partial charge on any atom is 0.255 e. The molecular formula is C16H13ClFN3O. The Morgan fingerprint density at radius 3 is 3.00 bits per heavy atom. The van der Waals surface area contributed by atoms with Crippen LogP contribution in [0, 0.1) is 5.82 Å². The molecule has 0 spiro atoms. The first-order chi connectivity index (χ1) is 10.6. The van der Waals surface area contributed by atoms with Crippen LogP contribution >= 0.6 is 11.6 Å². The van der Waals surface area contributed by atoms with Crippen molar-refractivity contribution < 1.29 is 9.18 Å². The zero-order chi connectivity index (χ0) is 15.5. The lowest BCUT2D eigenvalue weighted by atomic mass is 10.1. The Labute approximate surface area is 131 Å². The normalized spacial score (nSPS) is 10.8. The van der Waals surface area contributed by atoms with Gasteiger partial charge in [0.05, 0.1) is 27.9 Å². The summed E-state index contributed by atoms with van der Waals surface area (Å²) in [7, 11) is 0. The third-order valence-corrected chi connectivity index (χ3v) is 3.69. The summed E-state index contributed by atoms with van der Waals surface area (Å²) in [6.45, 7) is 0.392. The summed E-state index contributed by atoms with van der Waals surface area (Å²) in [5, 5.41) is 2.79. The van der Waals surface area contributed by atoms with Crippen molar-refractivity contribution in [3.8, 4) is 0 Å². The van der Waals surface area contributed by atoms with Crippen molar-refractivity contribution in [1.29, 1.82) is 0 Å². The Balaban J connectivity index is 1.64. The predicted octanol–water partition coefficient (Wildman–Crippen LogP) is 3.33. The molecule has 0 aliphatic rings. The molecule has 0 fully saturated rings. The average Bonchev–Trinajstić information content (AvgIpc) is 2.94. The molecular weight excluding hydrogens is 305 g/mol. The van der Waals surface area contributed by atoms with Gasteiger partial charge in [-0.25, -0.2) is 9.37 Å². The van der Waals surface area contributed by atoms with E-state index >= 15 is 0 Å². The van der Waals surface area contributed by atoms with Gasteiger partial charge < -0.3 is 10.3 Å². The molecule has 0 radical (unpaired) electrons. The number of amides is 1. The van der Waals surface area contributed by atoms with Gasteiger partial charge in [-0.2, -0.15) is 0 Å². The van der Waals surface area contributed by atoms with E-state index in [-0.39, 0.29) is 10.6 Å². The van der Waals surface area contributed by atoms with Crippen LogP contribution in [-0.2, 0) is 6.42 Å². The number of nitrogens with one attached hydrogen (secondary N) is 2. The molecule has 0 aliphatic carbocycles. The molecule has 2 N–H and O–H groups in total. The molecule has 0 aliphatic heterocycles. The second-order valence-corrected chi connectivity index (χ2v) is 5.26. The van der Waals surface area contributed by atoms with Crippen LogP contribution in [-0.4, -0.2) is 22.4 Å². The molecule has 0 atom stereocenters. The molecule has 0 saturated heterocycles. The summed E-state index contributed by atoms with van der Waals surface area (Å²) in [4.78, 5) is 19.2. The summed E-state index contributed by atoms with van der Waals surface area (Å²) in [6, 6.07) is 10.0. The van der Waals surface area contributed by atoms with Crippen molar-refractivity contribution in [1.82, 2.24) is 15.3 Å². The fourth-order valence-electron chi connectivity index (χ4n) is 2.26. The number of hydrogen-bond acceptors (Lipinski definition) is 2. The van der Waals surface area contributed by atoms with E-state index in [0.717, 1.165) is 16.6 Å². The second-order valence-electron chi connectivity index (χ2n) is 4.86. The van der Waals surface area contributed by atoms with Gasteiger partial charge in [0.1, 0.15) is 5.82 Å². The monoisotopic (exact) mass is 317 g/mol. The van der Waals surface area contributed by atoms with E-state index in [1.54, 1.807) is 6.33 Å². The van der Waals surface area contributed by atoms with Gasteiger partial charge >= 0.3 is 0 Å². The Hall–Kier alpha value is -2.40. The van der Waals surface area contributed by atoms with Gasteiger partial charge in [-0.1, -0.05) is 23.7 Å². The summed E-state index contributed by atoms with van der Waals surface area (Å²) < 4.78 is 13.6.